The van der Waals surface area contributed by atoms with Crippen molar-refractivity contribution in [1.29, 1.82) is 0 Å². The topological polar surface area (TPSA) is 121 Å². The van der Waals surface area contributed by atoms with Crippen LogP contribution in [0.2, 0.25) is 0 Å². The summed E-state index contributed by atoms with van der Waals surface area (Å²) in [5.74, 6) is 0.347. The molecule has 2 aliphatic rings. The predicted octanol–water partition coefficient (Wildman–Crippen LogP) is 2.81. The number of carbonyl (C=O) groups excluding carboxylic acids is 1. The van der Waals surface area contributed by atoms with E-state index in [0.717, 1.165) is 60.3 Å². The first-order valence-electron chi connectivity index (χ1n) is 12.0. The molecular formula is C25H27N7O3. The molecule has 2 aromatic heterocycles. The summed E-state index contributed by atoms with van der Waals surface area (Å²) in [6, 6.07) is 11.7. The second kappa shape index (κ2) is 8.70. The third-order valence-corrected chi connectivity index (χ3v) is 6.60. The van der Waals surface area contributed by atoms with E-state index in [0.29, 0.717) is 24.6 Å². The van der Waals surface area contributed by atoms with E-state index in [4.69, 9.17) is 4.74 Å². The third kappa shape index (κ3) is 3.99. The second-order valence-electron chi connectivity index (χ2n) is 8.98. The molecule has 1 aliphatic heterocycles. The first-order chi connectivity index (χ1) is 17.1. The van der Waals surface area contributed by atoms with Gasteiger partial charge in [0.2, 0.25) is 5.82 Å². The maximum absolute atomic E-state index is 13.1. The van der Waals surface area contributed by atoms with Gasteiger partial charge in [-0.25, -0.2) is 0 Å². The van der Waals surface area contributed by atoms with E-state index in [2.05, 4.69) is 30.6 Å². The average molecular weight is 474 g/mol. The van der Waals surface area contributed by atoms with Crippen LogP contribution in [0.4, 0.5) is 5.69 Å². The van der Waals surface area contributed by atoms with Gasteiger partial charge in [-0.1, -0.05) is 6.92 Å². The van der Waals surface area contributed by atoms with Crippen LogP contribution in [0.15, 0.2) is 36.4 Å². The van der Waals surface area contributed by atoms with Crippen LogP contribution in [-0.4, -0.2) is 68.3 Å². The molecule has 1 saturated carbocycles. The van der Waals surface area contributed by atoms with Gasteiger partial charge in [0, 0.05) is 42.0 Å². The zero-order valence-corrected chi connectivity index (χ0v) is 19.5. The highest BCUT2D eigenvalue weighted by molar-refractivity contribution is 5.94. The number of anilines is 1. The van der Waals surface area contributed by atoms with Crippen molar-refractivity contribution in [1.82, 2.24) is 30.3 Å². The van der Waals surface area contributed by atoms with Crippen LogP contribution in [0, 0.1) is 0 Å². The highest BCUT2D eigenvalue weighted by Crippen LogP contribution is 2.35. The number of fused-ring (bicyclic) bond motifs is 1. The molecule has 10 heteroatoms. The maximum atomic E-state index is 13.1. The van der Waals surface area contributed by atoms with Crippen LogP contribution in [0.5, 0.6) is 5.75 Å². The zero-order valence-electron chi connectivity index (χ0n) is 19.5. The van der Waals surface area contributed by atoms with Crippen LogP contribution in [0.3, 0.4) is 0 Å². The van der Waals surface area contributed by atoms with E-state index in [9.17, 15) is 9.90 Å². The lowest BCUT2D eigenvalue weighted by atomic mass is 10.1. The summed E-state index contributed by atoms with van der Waals surface area (Å²) >= 11 is 0. The number of amides is 1. The molecule has 6 rings (SSSR count). The summed E-state index contributed by atoms with van der Waals surface area (Å²) in [4.78, 5) is 15.3. The molecule has 1 amide bonds. The molecule has 2 fully saturated rings. The van der Waals surface area contributed by atoms with Gasteiger partial charge >= 0.3 is 0 Å². The third-order valence-electron chi connectivity index (χ3n) is 6.60. The van der Waals surface area contributed by atoms with Crippen LogP contribution in [-0.2, 0) is 11.2 Å². The Labute approximate surface area is 201 Å². The van der Waals surface area contributed by atoms with Gasteiger partial charge in [0.15, 0.2) is 5.82 Å². The highest BCUT2D eigenvalue weighted by Gasteiger charge is 2.29. The number of phenolic OH excluding ortho intramolecular Hbond substituents is 1. The standard InChI is InChI=1S/C25H27N7O3/c1-2-20-18-13-19(22(33)14-21(18)28-27-20)23-29-30-24(25(34)26-15-3-4-15)32(23)17-7-5-16(6-8-17)31-9-11-35-12-10-31/h5-8,13-15,33H,2-4,9-12H2,1H3,(H,26,34)(H,27,28). The Balaban J connectivity index is 1.46. The molecule has 1 aliphatic carbocycles. The van der Waals surface area contributed by atoms with Crippen molar-refractivity contribution in [3.05, 3.63) is 47.9 Å². The molecule has 1 saturated heterocycles. The van der Waals surface area contributed by atoms with Crippen molar-refractivity contribution in [3.8, 4) is 22.8 Å². The molecule has 10 nitrogen and oxygen atoms in total. The number of hydrogen-bond acceptors (Lipinski definition) is 7. The molecule has 180 valence electrons. The Hall–Kier alpha value is -3.92. The number of benzene rings is 2. The lowest BCUT2D eigenvalue weighted by molar-refractivity contribution is 0.0938. The molecule has 3 N–H and O–H groups in total. The highest BCUT2D eigenvalue weighted by atomic mass is 16.5. The number of aromatic amines is 1. The lowest BCUT2D eigenvalue weighted by Crippen LogP contribution is -2.36. The fraction of sp³-hybridized carbons (Fsp3) is 0.360. The minimum Gasteiger partial charge on any atom is -0.507 e. The van der Waals surface area contributed by atoms with Crippen LogP contribution in [0.1, 0.15) is 36.1 Å². The Bertz CT molecular complexity index is 1380. The van der Waals surface area contributed by atoms with Crippen molar-refractivity contribution in [3.63, 3.8) is 0 Å². The molecule has 0 atom stereocenters. The van der Waals surface area contributed by atoms with Gasteiger partial charge in [-0.3, -0.25) is 14.5 Å². The molecule has 0 bridgehead atoms. The molecule has 3 heterocycles. The number of nitrogens with zero attached hydrogens (tertiary/aromatic N) is 5. The van der Waals surface area contributed by atoms with Gasteiger partial charge in [-0.2, -0.15) is 5.10 Å². The molecule has 0 spiro atoms. The van der Waals surface area contributed by atoms with Gasteiger partial charge in [0.25, 0.3) is 5.91 Å². The Morgan fingerprint density at radius 2 is 1.89 bits per heavy atom. The van der Waals surface area contributed by atoms with Crippen LogP contribution >= 0.6 is 0 Å². The molecule has 35 heavy (non-hydrogen) atoms. The number of rotatable bonds is 6. The Morgan fingerprint density at radius 1 is 1.14 bits per heavy atom. The lowest BCUT2D eigenvalue weighted by Gasteiger charge is -2.29. The van der Waals surface area contributed by atoms with Gasteiger partial charge in [-0.15, -0.1) is 10.2 Å². The van der Waals surface area contributed by atoms with Crippen molar-refractivity contribution in [2.75, 3.05) is 31.2 Å². The number of nitrogens with one attached hydrogen (secondary N) is 2. The van der Waals surface area contributed by atoms with E-state index in [1.165, 1.54) is 0 Å². The van der Waals surface area contributed by atoms with Gasteiger partial charge in [0.1, 0.15) is 5.75 Å². The van der Waals surface area contributed by atoms with Crippen molar-refractivity contribution < 1.29 is 14.6 Å². The number of aromatic nitrogens is 5. The smallest absolute Gasteiger partial charge is 0.289 e. The van der Waals surface area contributed by atoms with Crippen molar-refractivity contribution >= 4 is 22.5 Å². The number of aryl methyl sites for hydroxylation is 1. The SMILES string of the molecule is CCc1n[nH]c2cc(O)c(-c3nnc(C(=O)NC4CC4)n3-c3ccc(N4CCOCC4)cc3)cc12. The Kier molecular flexibility index (Phi) is 5.37. The van der Waals surface area contributed by atoms with E-state index >= 15 is 0 Å². The van der Waals surface area contributed by atoms with Crippen LogP contribution < -0.4 is 10.2 Å². The number of hydrogen-bond donors (Lipinski definition) is 3. The summed E-state index contributed by atoms with van der Waals surface area (Å²) in [7, 11) is 0. The largest absolute Gasteiger partial charge is 0.507 e. The fourth-order valence-corrected chi connectivity index (χ4v) is 4.52. The van der Waals surface area contributed by atoms with E-state index in [-0.39, 0.29) is 23.5 Å². The molecular weight excluding hydrogens is 446 g/mol. The first kappa shape index (κ1) is 21.6. The summed E-state index contributed by atoms with van der Waals surface area (Å²) in [5, 5.41) is 30.7. The summed E-state index contributed by atoms with van der Waals surface area (Å²) in [6.07, 6.45) is 2.69. The summed E-state index contributed by atoms with van der Waals surface area (Å²) in [5.41, 5.74) is 3.96. The summed E-state index contributed by atoms with van der Waals surface area (Å²) < 4.78 is 7.18. The number of morpholine rings is 1. The van der Waals surface area contributed by atoms with Gasteiger partial charge in [0.05, 0.1) is 30.0 Å². The van der Waals surface area contributed by atoms with Gasteiger partial charge < -0.3 is 20.1 Å². The van der Waals surface area contributed by atoms with Crippen LogP contribution in [0.25, 0.3) is 28.0 Å². The molecule has 0 radical (unpaired) electrons. The number of phenols is 1. The van der Waals surface area contributed by atoms with E-state index < -0.39 is 0 Å². The maximum Gasteiger partial charge on any atom is 0.289 e. The quantitative estimate of drug-likeness (QED) is 0.394. The molecule has 2 aromatic carbocycles. The average Bonchev–Trinajstić information content (AvgIpc) is 3.45. The zero-order chi connectivity index (χ0) is 23.9. The molecule has 4 aromatic rings. The Morgan fingerprint density at radius 3 is 2.60 bits per heavy atom. The van der Waals surface area contributed by atoms with Crippen molar-refractivity contribution in [2.24, 2.45) is 0 Å². The van der Waals surface area contributed by atoms with E-state index in [1.807, 2.05) is 37.3 Å². The minimum atomic E-state index is -0.276. The first-order valence-corrected chi connectivity index (χ1v) is 12.0. The summed E-state index contributed by atoms with van der Waals surface area (Å²) in [6.45, 7) is 5.12. The minimum absolute atomic E-state index is 0.0385. The normalized spacial score (nSPS) is 16.1. The second-order valence-corrected chi connectivity index (χ2v) is 8.98. The number of aromatic hydroxyl groups is 1. The van der Waals surface area contributed by atoms with Gasteiger partial charge in [-0.05, 0) is 49.6 Å². The van der Waals surface area contributed by atoms with E-state index in [1.54, 1.807) is 10.6 Å². The number of ether oxygens (including phenoxy) is 1. The number of H-pyrrole nitrogens is 1. The monoisotopic (exact) mass is 473 g/mol. The number of carbonyl (C=O) groups is 1. The van der Waals surface area contributed by atoms with Crippen molar-refractivity contribution in [2.45, 2.75) is 32.2 Å². The molecule has 0 unspecified atom stereocenters. The predicted molar refractivity (Wildman–Crippen MR) is 131 cm³/mol. The fourth-order valence-electron chi connectivity index (χ4n) is 4.52.